The first kappa shape index (κ1) is 22.2. The third-order valence-corrected chi connectivity index (χ3v) is 7.09. The van der Waals surface area contributed by atoms with Crippen molar-refractivity contribution < 1.29 is 22.3 Å². The number of carbonyl (C=O) groups excluding carboxylic acids is 1. The zero-order valence-electron chi connectivity index (χ0n) is 17.3. The molecule has 30 heavy (non-hydrogen) atoms. The number of nitrogens with zero attached hydrogens (tertiary/aromatic N) is 2. The molecule has 1 aliphatic heterocycles. The van der Waals surface area contributed by atoms with Crippen molar-refractivity contribution in [2.75, 3.05) is 32.8 Å². The highest BCUT2D eigenvalue weighted by molar-refractivity contribution is 7.89. The summed E-state index contributed by atoms with van der Waals surface area (Å²) >= 11 is 0. The molecule has 6 nitrogen and oxygen atoms in total. The van der Waals surface area contributed by atoms with E-state index in [4.69, 9.17) is 4.74 Å². The molecule has 0 radical (unpaired) electrons. The fourth-order valence-corrected chi connectivity index (χ4v) is 4.88. The number of halogens is 1. The number of hydrogen-bond donors (Lipinski definition) is 0. The number of sulfonamides is 1. The van der Waals surface area contributed by atoms with Crippen molar-refractivity contribution in [1.82, 2.24) is 9.21 Å². The number of carbonyl (C=O) groups is 1. The van der Waals surface area contributed by atoms with Crippen LogP contribution >= 0.6 is 0 Å². The van der Waals surface area contributed by atoms with E-state index in [0.717, 1.165) is 29.0 Å². The summed E-state index contributed by atoms with van der Waals surface area (Å²) in [6, 6.07) is 10.7. The second-order valence-corrected chi connectivity index (χ2v) is 9.40. The fraction of sp³-hybridized carbons (Fsp3) is 0.409. The molecule has 0 aliphatic carbocycles. The summed E-state index contributed by atoms with van der Waals surface area (Å²) in [7, 11) is -3.71. The van der Waals surface area contributed by atoms with E-state index in [0.29, 0.717) is 26.1 Å². The maximum Gasteiger partial charge on any atom is 0.243 e. The van der Waals surface area contributed by atoms with Crippen molar-refractivity contribution in [3.8, 4) is 5.75 Å². The van der Waals surface area contributed by atoms with Gasteiger partial charge in [-0.15, -0.1) is 0 Å². The molecule has 1 amide bonds. The molecular formula is C22H27FN2O4S. The van der Waals surface area contributed by atoms with Crippen LogP contribution in [0.15, 0.2) is 47.4 Å². The van der Waals surface area contributed by atoms with Crippen LogP contribution < -0.4 is 4.74 Å². The second-order valence-electron chi connectivity index (χ2n) is 7.46. The third kappa shape index (κ3) is 5.37. The van der Waals surface area contributed by atoms with Crippen molar-refractivity contribution in [2.45, 2.75) is 31.6 Å². The molecule has 0 N–H and O–H groups in total. The monoisotopic (exact) mass is 434 g/mol. The first-order valence-electron chi connectivity index (χ1n) is 10.0. The molecule has 1 saturated heterocycles. The molecule has 0 unspecified atom stereocenters. The van der Waals surface area contributed by atoms with Crippen LogP contribution in [0.3, 0.4) is 0 Å². The largest absolute Gasteiger partial charge is 0.493 e. The lowest BCUT2D eigenvalue weighted by molar-refractivity contribution is -0.131. The predicted molar refractivity (Wildman–Crippen MR) is 112 cm³/mol. The molecule has 8 heteroatoms. The van der Waals surface area contributed by atoms with Gasteiger partial charge in [-0.2, -0.15) is 4.31 Å². The highest BCUT2D eigenvalue weighted by Crippen LogP contribution is 2.20. The van der Waals surface area contributed by atoms with Gasteiger partial charge in [0.1, 0.15) is 11.6 Å². The van der Waals surface area contributed by atoms with Gasteiger partial charge >= 0.3 is 0 Å². The summed E-state index contributed by atoms with van der Waals surface area (Å²) in [6.45, 7) is 5.57. The molecule has 1 fully saturated rings. The van der Waals surface area contributed by atoms with Crippen molar-refractivity contribution in [3.63, 3.8) is 0 Å². The van der Waals surface area contributed by atoms with Gasteiger partial charge in [-0.25, -0.2) is 12.8 Å². The van der Waals surface area contributed by atoms with Gasteiger partial charge in [-0.05, 0) is 61.7 Å². The van der Waals surface area contributed by atoms with Crippen LogP contribution in [0.25, 0.3) is 0 Å². The highest BCUT2D eigenvalue weighted by Gasteiger charge is 2.28. The van der Waals surface area contributed by atoms with E-state index in [9.17, 15) is 17.6 Å². The zero-order chi connectivity index (χ0) is 21.7. The summed E-state index contributed by atoms with van der Waals surface area (Å²) in [5, 5.41) is 0. The van der Waals surface area contributed by atoms with Crippen LogP contribution in [0.1, 0.15) is 24.0 Å². The Morgan fingerprint density at radius 1 is 1.03 bits per heavy atom. The quantitative estimate of drug-likeness (QED) is 0.701. The van der Waals surface area contributed by atoms with E-state index < -0.39 is 15.8 Å². The normalized spacial score (nSPS) is 15.6. The minimum absolute atomic E-state index is 0.0543. The average Bonchev–Trinajstić information content (AvgIpc) is 2.98. The smallest absolute Gasteiger partial charge is 0.243 e. The standard InChI is InChI=1S/C22H27FN2O4S/c1-17-4-5-18(2)21(16-17)29-15-10-22(26)24-11-3-12-25(14-13-24)30(27,28)20-8-6-19(23)7-9-20/h4-9,16H,3,10-15H2,1-2H3. The van der Waals surface area contributed by atoms with E-state index in [1.54, 1.807) is 4.90 Å². The molecule has 0 atom stereocenters. The van der Waals surface area contributed by atoms with Crippen LogP contribution in [0, 0.1) is 19.7 Å². The van der Waals surface area contributed by atoms with E-state index in [-0.39, 0.29) is 30.4 Å². The maximum absolute atomic E-state index is 13.1. The number of hydrogen-bond acceptors (Lipinski definition) is 4. The predicted octanol–water partition coefficient (Wildman–Crippen LogP) is 3.13. The summed E-state index contributed by atoms with van der Waals surface area (Å²) in [4.78, 5) is 14.3. The Kier molecular flexibility index (Phi) is 7.10. The average molecular weight is 435 g/mol. The molecular weight excluding hydrogens is 407 g/mol. The number of rotatable bonds is 6. The maximum atomic E-state index is 13.1. The van der Waals surface area contributed by atoms with Gasteiger partial charge in [-0.3, -0.25) is 4.79 Å². The van der Waals surface area contributed by atoms with Crippen molar-refractivity contribution in [2.24, 2.45) is 0 Å². The van der Waals surface area contributed by atoms with E-state index in [1.165, 1.54) is 16.4 Å². The van der Waals surface area contributed by atoms with Crippen molar-refractivity contribution >= 4 is 15.9 Å². The van der Waals surface area contributed by atoms with E-state index >= 15 is 0 Å². The van der Waals surface area contributed by atoms with Crippen LogP contribution in [0.4, 0.5) is 4.39 Å². The topological polar surface area (TPSA) is 66.9 Å². The minimum Gasteiger partial charge on any atom is -0.493 e. The SMILES string of the molecule is Cc1ccc(C)c(OCCC(=O)N2CCCN(S(=O)(=O)c3ccc(F)cc3)CC2)c1. The van der Waals surface area contributed by atoms with Gasteiger partial charge < -0.3 is 9.64 Å². The number of amides is 1. The number of ether oxygens (including phenoxy) is 1. The molecule has 0 aromatic heterocycles. The Hall–Kier alpha value is -2.45. The van der Waals surface area contributed by atoms with E-state index in [2.05, 4.69) is 0 Å². The molecule has 2 aromatic rings. The van der Waals surface area contributed by atoms with Gasteiger partial charge in [0.2, 0.25) is 15.9 Å². The molecule has 1 aliphatic rings. The first-order valence-corrected chi connectivity index (χ1v) is 11.4. The van der Waals surface area contributed by atoms with Gasteiger partial charge in [-0.1, -0.05) is 12.1 Å². The van der Waals surface area contributed by atoms with E-state index in [1.807, 2.05) is 32.0 Å². The Bertz CT molecular complexity index is 993. The Labute approximate surface area is 177 Å². The number of benzene rings is 2. The molecule has 0 spiro atoms. The molecule has 1 heterocycles. The van der Waals surface area contributed by atoms with Crippen LogP contribution in [0.2, 0.25) is 0 Å². The molecule has 0 saturated carbocycles. The van der Waals surface area contributed by atoms with Crippen LogP contribution in [0.5, 0.6) is 5.75 Å². The first-order chi connectivity index (χ1) is 14.3. The van der Waals surface area contributed by atoms with Crippen LogP contribution in [-0.2, 0) is 14.8 Å². The van der Waals surface area contributed by atoms with Crippen molar-refractivity contribution in [1.29, 1.82) is 0 Å². The minimum atomic E-state index is -3.71. The zero-order valence-corrected chi connectivity index (χ0v) is 18.1. The molecule has 2 aromatic carbocycles. The lowest BCUT2D eigenvalue weighted by atomic mass is 10.1. The third-order valence-electron chi connectivity index (χ3n) is 5.18. The lowest BCUT2D eigenvalue weighted by Crippen LogP contribution is -2.37. The van der Waals surface area contributed by atoms with Crippen LogP contribution in [-0.4, -0.2) is 56.3 Å². The molecule has 0 bridgehead atoms. The molecule has 3 rings (SSSR count). The second kappa shape index (κ2) is 9.57. The van der Waals surface area contributed by atoms with Gasteiger partial charge in [0.05, 0.1) is 17.9 Å². The summed E-state index contributed by atoms with van der Waals surface area (Å²) in [5.74, 6) is 0.237. The van der Waals surface area contributed by atoms with Gasteiger partial charge in [0, 0.05) is 26.2 Å². The summed E-state index contributed by atoms with van der Waals surface area (Å²) < 4.78 is 45.8. The molecule has 162 valence electrons. The summed E-state index contributed by atoms with van der Waals surface area (Å²) in [5.41, 5.74) is 2.11. The Balaban J connectivity index is 1.54. The summed E-state index contributed by atoms with van der Waals surface area (Å²) in [6.07, 6.45) is 0.780. The van der Waals surface area contributed by atoms with Gasteiger partial charge in [0.25, 0.3) is 0 Å². The van der Waals surface area contributed by atoms with Crippen molar-refractivity contribution in [3.05, 3.63) is 59.4 Å². The highest BCUT2D eigenvalue weighted by atomic mass is 32.2. The van der Waals surface area contributed by atoms with Gasteiger partial charge in [0.15, 0.2) is 0 Å². The number of aryl methyl sites for hydroxylation is 2. The lowest BCUT2D eigenvalue weighted by Gasteiger charge is -2.22. The fourth-order valence-electron chi connectivity index (χ4n) is 3.41. The Morgan fingerprint density at radius 2 is 1.77 bits per heavy atom. The Morgan fingerprint density at radius 3 is 2.50 bits per heavy atom.